The molecule has 0 aliphatic carbocycles. The third kappa shape index (κ3) is 4.49. The monoisotopic (exact) mass is 501 g/mol. The number of carbonyl (C=O) groups is 1. The largest absolute Gasteiger partial charge is 0.437 e. The van der Waals surface area contributed by atoms with Gasteiger partial charge in [0.1, 0.15) is 23.2 Å². The molecule has 0 fully saturated rings. The highest BCUT2D eigenvalue weighted by Gasteiger charge is 2.40. The Labute approximate surface area is 203 Å². The summed E-state index contributed by atoms with van der Waals surface area (Å²) in [7, 11) is 1.73. The van der Waals surface area contributed by atoms with E-state index in [-0.39, 0.29) is 24.1 Å². The van der Waals surface area contributed by atoms with Crippen molar-refractivity contribution < 1.29 is 27.8 Å². The van der Waals surface area contributed by atoms with E-state index in [9.17, 15) is 23.1 Å². The summed E-state index contributed by atoms with van der Waals surface area (Å²) in [6.45, 7) is 0.612. The number of anilines is 3. The minimum absolute atomic E-state index is 0.135. The number of rotatable bonds is 6. The third-order valence-corrected chi connectivity index (χ3v) is 6.03. The first kappa shape index (κ1) is 23.7. The predicted octanol–water partition coefficient (Wildman–Crippen LogP) is 2.78. The summed E-state index contributed by atoms with van der Waals surface area (Å²) in [6, 6.07) is 4.68. The molecule has 0 spiro atoms. The summed E-state index contributed by atoms with van der Waals surface area (Å²) in [5.74, 6) is 1.16. The Morgan fingerprint density at radius 3 is 2.67 bits per heavy atom. The summed E-state index contributed by atoms with van der Waals surface area (Å²) < 4.78 is 43.4. The zero-order valence-corrected chi connectivity index (χ0v) is 19.2. The number of aryl methyl sites for hydroxylation is 1. The van der Waals surface area contributed by atoms with Gasteiger partial charge in [-0.2, -0.15) is 18.2 Å². The lowest BCUT2D eigenvalue weighted by atomic mass is 10.0. The number of hydrogen-bond donors (Lipinski definition) is 2. The van der Waals surface area contributed by atoms with E-state index in [0.717, 1.165) is 29.9 Å². The number of alkyl halides is 3. The number of nitrogens with zero attached hydrogens (tertiary/aromatic N) is 6. The van der Waals surface area contributed by atoms with Crippen LogP contribution in [-0.2, 0) is 23.9 Å². The zero-order chi connectivity index (χ0) is 25.4. The highest BCUT2D eigenvalue weighted by molar-refractivity contribution is 6.05. The number of hydrogen-bond acceptors (Lipinski definition) is 9. The van der Waals surface area contributed by atoms with E-state index < -0.39 is 17.9 Å². The van der Waals surface area contributed by atoms with Gasteiger partial charge in [0.05, 0.1) is 18.5 Å². The first-order valence-electron chi connectivity index (χ1n) is 11.2. The van der Waals surface area contributed by atoms with E-state index in [1.807, 2.05) is 0 Å². The molecule has 5 heterocycles. The van der Waals surface area contributed by atoms with Gasteiger partial charge in [0.25, 0.3) is 5.91 Å². The maximum absolute atomic E-state index is 12.7. The normalized spacial score (nSPS) is 17.1. The zero-order valence-electron chi connectivity index (χ0n) is 19.2. The van der Waals surface area contributed by atoms with Gasteiger partial charge in [-0.05, 0) is 30.5 Å². The van der Waals surface area contributed by atoms with Crippen LogP contribution in [0.4, 0.5) is 30.6 Å². The summed E-state index contributed by atoms with van der Waals surface area (Å²) in [5, 5.41) is 12.9. The maximum Gasteiger partial charge on any atom is 0.433 e. The van der Waals surface area contributed by atoms with Crippen LogP contribution in [0.2, 0.25) is 0 Å². The lowest BCUT2D eigenvalue weighted by Crippen LogP contribution is -2.55. The second kappa shape index (κ2) is 9.22. The van der Waals surface area contributed by atoms with Gasteiger partial charge in [0.2, 0.25) is 11.8 Å². The first-order valence-corrected chi connectivity index (χ1v) is 11.2. The molecule has 1 unspecified atom stereocenters. The predicted molar refractivity (Wildman–Crippen MR) is 123 cm³/mol. The molecule has 36 heavy (non-hydrogen) atoms. The number of carbonyl (C=O) groups excluding carboxylic acids is 1. The van der Waals surface area contributed by atoms with Gasteiger partial charge in [0, 0.05) is 32.4 Å². The van der Waals surface area contributed by atoms with Crippen LogP contribution < -0.4 is 19.9 Å². The highest BCUT2D eigenvalue weighted by atomic mass is 19.4. The molecule has 188 valence electrons. The molecule has 1 amide bonds. The van der Waals surface area contributed by atoms with Gasteiger partial charge in [-0.25, -0.2) is 15.0 Å². The molecule has 5 rings (SSSR count). The molecule has 2 aliphatic rings. The van der Waals surface area contributed by atoms with Crippen molar-refractivity contribution in [3.8, 4) is 11.6 Å². The van der Waals surface area contributed by atoms with Crippen molar-refractivity contribution in [2.24, 2.45) is 0 Å². The topological polar surface area (TPSA) is 117 Å². The number of aliphatic hydroxyl groups excluding tert-OH is 1. The van der Waals surface area contributed by atoms with Gasteiger partial charge in [-0.3, -0.25) is 4.79 Å². The van der Waals surface area contributed by atoms with E-state index in [1.165, 1.54) is 6.07 Å². The lowest BCUT2D eigenvalue weighted by Gasteiger charge is -2.42. The van der Waals surface area contributed by atoms with Crippen LogP contribution in [-0.4, -0.2) is 57.2 Å². The SMILES string of the molecule is CN1c2nc(NCc3ccc(Oc4ccc(C(F)(F)F)nc4)nc3)nc3c2N(CCC3)C(=O)C1CO. The minimum atomic E-state index is -4.52. The number of amides is 1. The summed E-state index contributed by atoms with van der Waals surface area (Å²) in [4.78, 5) is 32.8. The Kier molecular flexibility index (Phi) is 6.08. The molecule has 1 atom stereocenters. The van der Waals surface area contributed by atoms with Crippen molar-refractivity contribution in [1.82, 2.24) is 19.9 Å². The smallest absolute Gasteiger partial charge is 0.433 e. The van der Waals surface area contributed by atoms with Crippen molar-refractivity contribution in [3.05, 3.63) is 53.6 Å². The Hall–Kier alpha value is -4.00. The molecule has 3 aromatic rings. The summed E-state index contributed by atoms with van der Waals surface area (Å²) in [5.41, 5.74) is 1.27. The number of nitrogens with one attached hydrogen (secondary N) is 1. The van der Waals surface area contributed by atoms with Gasteiger partial charge >= 0.3 is 6.18 Å². The standard InChI is InChI=1S/C23H22F3N7O3/c1-32-16(12-34)21(35)33-8-2-3-15-19(33)20(32)31-22(30-15)29-10-13-4-7-18(28-9-13)36-14-5-6-17(27-11-14)23(24,25)26/h4-7,9,11,16,34H,2-3,8,10,12H2,1H3,(H,29,30,31). The number of pyridine rings is 2. The highest BCUT2D eigenvalue weighted by Crippen LogP contribution is 2.39. The van der Waals surface area contributed by atoms with Crippen molar-refractivity contribution in [2.75, 3.05) is 35.3 Å². The second-order valence-electron chi connectivity index (χ2n) is 8.41. The Bertz CT molecular complexity index is 1270. The Morgan fingerprint density at radius 2 is 2.00 bits per heavy atom. The first-order chi connectivity index (χ1) is 17.2. The third-order valence-electron chi connectivity index (χ3n) is 6.03. The van der Waals surface area contributed by atoms with E-state index in [0.29, 0.717) is 37.0 Å². The van der Waals surface area contributed by atoms with Crippen LogP contribution in [0.5, 0.6) is 11.6 Å². The van der Waals surface area contributed by atoms with E-state index in [1.54, 1.807) is 35.2 Å². The van der Waals surface area contributed by atoms with Crippen LogP contribution in [0.15, 0.2) is 36.7 Å². The van der Waals surface area contributed by atoms with Gasteiger partial charge in [0.15, 0.2) is 5.82 Å². The van der Waals surface area contributed by atoms with Crippen LogP contribution >= 0.6 is 0 Å². The lowest BCUT2D eigenvalue weighted by molar-refractivity contribution is -0.141. The number of aliphatic hydroxyl groups is 1. The molecule has 0 radical (unpaired) electrons. The molecule has 13 heteroatoms. The quantitative estimate of drug-likeness (QED) is 0.526. The Morgan fingerprint density at radius 1 is 1.17 bits per heavy atom. The summed E-state index contributed by atoms with van der Waals surface area (Å²) >= 11 is 0. The molecular weight excluding hydrogens is 479 g/mol. The van der Waals surface area contributed by atoms with Gasteiger partial charge in [-0.1, -0.05) is 6.07 Å². The van der Waals surface area contributed by atoms with E-state index in [2.05, 4.69) is 25.3 Å². The summed E-state index contributed by atoms with van der Waals surface area (Å²) in [6.07, 6.45) is -0.467. The molecule has 10 nitrogen and oxygen atoms in total. The average molecular weight is 501 g/mol. The average Bonchev–Trinajstić information content (AvgIpc) is 2.87. The number of aromatic nitrogens is 4. The molecule has 0 saturated carbocycles. The fourth-order valence-corrected chi connectivity index (χ4v) is 4.18. The molecule has 0 saturated heterocycles. The Balaban J connectivity index is 1.27. The van der Waals surface area contributed by atoms with Crippen molar-refractivity contribution in [1.29, 1.82) is 0 Å². The molecule has 2 N–H and O–H groups in total. The molecule has 3 aromatic heterocycles. The van der Waals surface area contributed by atoms with E-state index >= 15 is 0 Å². The van der Waals surface area contributed by atoms with Crippen LogP contribution in [0.1, 0.15) is 23.4 Å². The van der Waals surface area contributed by atoms with Gasteiger partial charge in [-0.15, -0.1) is 0 Å². The second-order valence-corrected chi connectivity index (χ2v) is 8.41. The molecule has 2 aliphatic heterocycles. The molecule has 0 aromatic carbocycles. The van der Waals surface area contributed by atoms with Crippen LogP contribution in [0.25, 0.3) is 0 Å². The fraction of sp³-hybridized carbons (Fsp3) is 0.348. The van der Waals surface area contributed by atoms with Gasteiger partial charge < -0.3 is 25.0 Å². The fourth-order valence-electron chi connectivity index (χ4n) is 4.18. The van der Waals surface area contributed by atoms with Crippen LogP contribution in [0.3, 0.4) is 0 Å². The van der Waals surface area contributed by atoms with Crippen molar-refractivity contribution in [3.63, 3.8) is 0 Å². The molecule has 0 bridgehead atoms. The van der Waals surface area contributed by atoms with Crippen LogP contribution in [0, 0.1) is 0 Å². The van der Waals surface area contributed by atoms with Crippen molar-refractivity contribution in [2.45, 2.75) is 31.6 Å². The van der Waals surface area contributed by atoms with E-state index in [4.69, 9.17) is 4.74 Å². The number of halogens is 3. The van der Waals surface area contributed by atoms with Crippen molar-refractivity contribution >= 4 is 23.4 Å². The molecular formula is C23H22F3N7O3. The maximum atomic E-state index is 12.7. The number of likely N-dealkylation sites (N-methyl/N-ethyl adjacent to an activating group) is 1. The minimum Gasteiger partial charge on any atom is -0.437 e. The number of ether oxygens (including phenoxy) is 1.